The van der Waals surface area contributed by atoms with Crippen LogP contribution in [0.2, 0.25) is 0 Å². The lowest BCUT2D eigenvalue weighted by atomic mass is 10.1. The van der Waals surface area contributed by atoms with E-state index in [0.29, 0.717) is 41.5 Å². The summed E-state index contributed by atoms with van der Waals surface area (Å²) in [7, 11) is 0. The number of carbonyl (C=O) groups is 2. The minimum atomic E-state index is -3.02. The highest BCUT2D eigenvalue weighted by Gasteiger charge is 2.29. The first kappa shape index (κ1) is 23.0. The second-order valence-corrected chi connectivity index (χ2v) is 8.53. The molecule has 1 saturated heterocycles. The van der Waals surface area contributed by atoms with Gasteiger partial charge in [0.05, 0.1) is 21.8 Å². The Kier molecular flexibility index (Phi) is 6.80. The van der Waals surface area contributed by atoms with E-state index in [0.717, 1.165) is 0 Å². The fourth-order valence-electron chi connectivity index (χ4n) is 3.65. The van der Waals surface area contributed by atoms with Gasteiger partial charge in [0, 0.05) is 26.2 Å². The van der Waals surface area contributed by atoms with Gasteiger partial charge in [-0.1, -0.05) is 23.5 Å². The number of hydrogen-bond acceptors (Lipinski definition) is 6. The summed E-state index contributed by atoms with van der Waals surface area (Å²) >= 11 is 1.19. The first-order chi connectivity index (χ1) is 15.8. The third kappa shape index (κ3) is 5.25. The Bertz CT molecular complexity index is 1160. The van der Waals surface area contributed by atoms with Crippen molar-refractivity contribution in [1.29, 1.82) is 0 Å². The predicted octanol–water partition coefficient (Wildman–Crippen LogP) is 3.82. The molecule has 1 N–H and O–H groups in total. The van der Waals surface area contributed by atoms with Crippen molar-refractivity contribution in [3.05, 3.63) is 53.8 Å². The van der Waals surface area contributed by atoms with Gasteiger partial charge in [0.1, 0.15) is 11.6 Å². The van der Waals surface area contributed by atoms with E-state index in [2.05, 4.69) is 15.0 Å². The van der Waals surface area contributed by atoms with Crippen LogP contribution in [0, 0.1) is 5.82 Å². The maximum Gasteiger partial charge on any atom is 0.387 e. The van der Waals surface area contributed by atoms with Crippen molar-refractivity contribution in [2.45, 2.75) is 19.6 Å². The van der Waals surface area contributed by atoms with Crippen LogP contribution in [0.3, 0.4) is 0 Å². The molecule has 1 aliphatic heterocycles. The number of alkyl halides is 2. The highest BCUT2D eigenvalue weighted by Crippen LogP contribution is 2.27. The Labute approximate surface area is 191 Å². The summed E-state index contributed by atoms with van der Waals surface area (Å²) in [5.74, 6) is -1.19. The van der Waals surface area contributed by atoms with E-state index >= 15 is 0 Å². The van der Waals surface area contributed by atoms with E-state index in [-0.39, 0.29) is 23.0 Å². The molecule has 0 aliphatic carbocycles. The number of rotatable bonds is 6. The number of halogens is 3. The molecule has 0 spiro atoms. The summed E-state index contributed by atoms with van der Waals surface area (Å²) in [6.45, 7) is 0.266. The molecule has 1 atom stereocenters. The molecule has 1 unspecified atom stereocenters. The molecule has 11 heteroatoms. The number of ether oxygens (including phenoxy) is 1. The molecule has 2 heterocycles. The van der Waals surface area contributed by atoms with E-state index in [4.69, 9.17) is 0 Å². The van der Waals surface area contributed by atoms with Crippen molar-refractivity contribution >= 4 is 38.5 Å². The number of benzene rings is 2. The van der Waals surface area contributed by atoms with Gasteiger partial charge in [-0.2, -0.15) is 8.78 Å². The van der Waals surface area contributed by atoms with E-state index in [9.17, 15) is 22.8 Å². The first-order valence-electron chi connectivity index (χ1n) is 10.3. The molecular weight excluding hydrogens is 457 g/mol. The van der Waals surface area contributed by atoms with Crippen LogP contribution in [-0.4, -0.2) is 65.4 Å². The van der Waals surface area contributed by atoms with Crippen LogP contribution in [0.25, 0.3) is 10.2 Å². The van der Waals surface area contributed by atoms with Gasteiger partial charge in [0.25, 0.3) is 5.91 Å². The zero-order chi connectivity index (χ0) is 23.5. The van der Waals surface area contributed by atoms with E-state index in [1.807, 2.05) is 4.90 Å². The Hall–Kier alpha value is -3.18. The Balaban J connectivity index is 1.35. The van der Waals surface area contributed by atoms with Crippen LogP contribution in [-0.2, 0) is 4.79 Å². The standard InChI is InChI=1S/C22H21F3N4O3S/c1-13(19(30)27-22-26-16-7-6-14(23)12-18(16)33-22)28-8-10-29(11-9-28)20(31)15-4-2-3-5-17(15)32-21(24)25/h2-7,12-13,21H,8-11H2,1H3,(H,26,27,30). The van der Waals surface area contributed by atoms with Crippen molar-refractivity contribution < 1.29 is 27.5 Å². The van der Waals surface area contributed by atoms with Crippen LogP contribution in [0.5, 0.6) is 5.75 Å². The lowest BCUT2D eigenvalue weighted by Crippen LogP contribution is -2.54. The Morgan fingerprint density at radius 3 is 2.58 bits per heavy atom. The third-order valence-electron chi connectivity index (χ3n) is 5.44. The number of para-hydroxylation sites is 1. The lowest BCUT2D eigenvalue weighted by molar-refractivity contribution is -0.121. The molecule has 1 aliphatic rings. The topological polar surface area (TPSA) is 74.8 Å². The summed E-state index contributed by atoms with van der Waals surface area (Å²) in [5, 5.41) is 3.16. The number of piperazine rings is 1. The van der Waals surface area contributed by atoms with Crippen molar-refractivity contribution in [3.8, 4) is 5.75 Å². The van der Waals surface area contributed by atoms with Crippen LogP contribution in [0.15, 0.2) is 42.5 Å². The molecule has 0 saturated carbocycles. The average Bonchev–Trinajstić information content (AvgIpc) is 3.19. The second-order valence-electron chi connectivity index (χ2n) is 7.50. The first-order valence-corrected chi connectivity index (χ1v) is 11.1. The summed E-state index contributed by atoms with van der Waals surface area (Å²) in [6, 6.07) is 9.65. The number of amides is 2. The average molecular weight is 478 g/mol. The van der Waals surface area contributed by atoms with Crippen molar-refractivity contribution in [3.63, 3.8) is 0 Å². The number of nitrogens with one attached hydrogen (secondary N) is 1. The molecule has 2 aromatic carbocycles. The minimum absolute atomic E-state index is 0.0734. The van der Waals surface area contributed by atoms with Gasteiger partial charge in [-0.3, -0.25) is 14.5 Å². The molecule has 33 heavy (non-hydrogen) atoms. The lowest BCUT2D eigenvalue weighted by Gasteiger charge is -2.37. The maximum atomic E-state index is 13.4. The zero-order valence-corrected chi connectivity index (χ0v) is 18.4. The Morgan fingerprint density at radius 1 is 1.12 bits per heavy atom. The molecule has 174 valence electrons. The number of nitrogens with zero attached hydrogens (tertiary/aromatic N) is 3. The van der Waals surface area contributed by atoms with Gasteiger partial charge in [-0.25, -0.2) is 9.37 Å². The number of thiazole rings is 1. The zero-order valence-electron chi connectivity index (χ0n) is 17.6. The van der Waals surface area contributed by atoms with Gasteiger partial charge in [0.2, 0.25) is 5.91 Å². The number of fused-ring (bicyclic) bond motifs is 1. The molecule has 0 radical (unpaired) electrons. The van der Waals surface area contributed by atoms with Gasteiger partial charge < -0.3 is 15.0 Å². The fourth-order valence-corrected chi connectivity index (χ4v) is 4.55. The summed E-state index contributed by atoms with van der Waals surface area (Å²) in [5.41, 5.74) is 0.678. The number of anilines is 1. The summed E-state index contributed by atoms with van der Waals surface area (Å²) < 4.78 is 43.8. The SMILES string of the molecule is CC(C(=O)Nc1nc2ccc(F)cc2s1)N1CCN(C(=O)c2ccccc2OC(F)F)CC1. The molecule has 3 aromatic rings. The van der Waals surface area contributed by atoms with Gasteiger partial charge >= 0.3 is 6.61 Å². The smallest absolute Gasteiger partial charge is 0.387 e. The maximum absolute atomic E-state index is 13.4. The van der Waals surface area contributed by atoms with E-state index in [1.165, 1.54) is 41.7 Å². The normalized spacial score (nSPS) is 15.6. The van der Waals surface area contributed by atoms with Gasteiger partial charge in [0.15, 0.2) is 5.13 Å². The van der Waals surface area contributed by atoms with Crippen LogP contribution in [0.1, 0.15) is 17.3 Å². The highest BCUT2D eigenvalue weighted by molar-refractivity contribution is 7.22. The van der Waals surface area contributed by atoms with Crippen LogP contribution < -0.4 is 10.1 Å². The predicted molar refractivity (Wildman–Crippen MR) is 118 cm³/mol. The van der Waals surface area contributed by atoms with Gasteiger partial charge in [-0.05, 0) is 37.3 Å². The summed E-state index contributed by atoms with van der Waals surface area (Å²) in [4.78, 5) is 33.3. The number of carbonyl (C=O) groups excluding carboxylic acids is 2. The monoisotopic (exact) mass is 478 g/mol. The molecule has 2 amide bonds. The van der Waals surface area contributed by atoms with E-state index < -0.39 is 18.6 Å². The fraction of sp³-hybridized carbons (Fsp3) is 0.318. The van der Waals surface area contributed by atoms with E-state index in [1.54, 1.807) is 24.0 Å². The molecular formula is C22H21F3N4O3S. The number of aromatic nitrogens is 1. The van der Waals surface area contributed by atoms with Crippen molar-refractivity contribution in [1.82, 2.24) is 14.8 Å². The van der Waals surface area contributed by atoms with Crippen LogP contribution >= 0.6 is 11.3 Å². The third-order valence-corrected chi connectivity index (χ3v) is 6.38. The van der Waals surface area contributed by atoms with Crippen LogP contribution in [0.4, 0.5) is 18.3 Å². The largest absolute Gasteiger partial charge is 0.434 e. The molecule has 1 aromatic heterocycles. The van der Waals surface area contributed by atoms with Crippen molar-refractivity contribution in [2.24, 2.45) is 0 Å². The van der Waals surface area contributed by atoms with Gasteiger partial charge in [-0.15, -0.1) is 0 Å². The number of hydrogen-bond donors (Lipinski definition) is 1. The quantitative estimate of drug-likeness (QED) is 0.583. The summed E-state index contributed by atoms with van der Waals surface area (Å²) in [6.07, 6.45) is 0. The van der Waals surface area contributed by atoms with Crippen molar-refractivity contribution in [2.75, 3.05) is 31.5 Å². The minimum Gasteiger partial charge on any atom is -0.434 e. The molecule has 0 bridgehead atoms. The molecule has 1 fully saturated rings. The molecule has 4 rings (SSSR count). The highest BCUT2D eigenvalue weighted by atomic mass is 32.1. The molecule has 7 nitrogen and oxygen atoms in total. The Morgan fingerprint density at radius 2 is 1.85 bits per heavy atom. The second kappa shape index (κ2) is 9.75.